The summed E-state index contributed by atoms with van der Waals surface area (Å²) in [7, 11) is 0. The highest BCUT2D eigenvalue weighted by Gasteiger charge is 2.17. The van der Waals surface area contributed by atoms with Crippen LogP contribution >= 0.6 is 0 Å². The minimum Gasteiger partial charge on any atom is -0.379 e. The molecule has 3 N–H and O–H groups in total. The highest BCUT2D eigenvalue weighted by atomic mass is 16.5. The maximum Gasteiger partial charge on any atom is 0.251 e. The molecule has 3 rings (SSSR count). The van der Waals surface area contributed by atoms with Gasteiger partial charge in [0.15, 0.2) is 0 Å². The molecular weight excluding hydrogens is 330 g/mol. The Morgan fingerprint density at radius 3 is 2.19 bits per heavy atom. The zero-order valence-electron chi connectivity index (χ0n) is 14.6. The number of ether oxygens (including phenoxy) is 1. The lowest BCUT2D eigenvalue weighted by atomic mass is 9.94. The molecule has 0 saturated carbocycles. The van der Waals surface area contributed by atoms with Crippen LogP contribution in [0.4, 0.5) is 0 Å². The predicted molar refractivity (Wildman–Crippen MR) is 100.0 cm³/mol. The number of amides is 2. The van der Waals surface area contributed by atoms with Gasteiger partial charge in [-0.05, 0) is 23.3 Å². The van der Waals surface area contributed by atoms with Crippen LogP contribution < -0.4 is 11.1 Å². The first-order valence-corrected chi connectivity index (χ1v) is 8.73. The fraction of sp³-hybridized carbons (Fsp3) is 0.300. The zero-order chi connectivity index (χ0) is 18.4. The maximum atomic E-state index is 12.7. The van der Waals surface area contributed by atoms with Crippen LogP contribution in [0.15, 0.2) is 48.5 Å². The third-order valence-corrected chi connectivity index (χ3v) is 4.47. The minimum atomic E-state index is -0.511. The van der Waals surface area contributed by atoms with E-state index in [1.165, 1.54) is 0 Å². The Labute approximate surface area is 152 Å². The molecule has 2 aromatic carbocycles. The van der Waals surface area contributed by atoms with Crippen LogP contribution in [-0.4, -0.2) is 56.1 Å². The van der Waals surface area contributed by atoms with Crippen molar-refractivity contribution in [3.8, 4) is 11.1 Å². The molecule has 0 aromatic heterocycles. The molecule has 6 heteroatoms. The molecule has 2 aromatic rings. The normalized spacial score (nSPS) is 14.8. The highest BCUT2D eigenvalue weighted by molar-refractivity contribution is 6.05. The molecule has 0 radical (unpaired) electrons. The number of benzene rings is 2. The van der Waals surface area contributed by atoms with E-state index in [2.05, 4.69) is 10.2 Å². The lowest BCUT2D eigenvalue weighted by molar-refractivity contribution is 0.0383. The Morgan fingerprint density at radius 2 is 1.54 bits per heavy atom. The Bertz CT molecular complexity index is 785. The van der Waals surface area contributed by atoms with Crippen molar-refractivity contribution in [1.29, 1.82) is 0 Å². The van der Waals surface area contributed by atoms with Gasteiger partial charge in [0, 0.05) is 37.3 Å². The van der Waals surface area contributed by atoms with E-state index >= 15 is 0 Å². The van der Waals surface area contributed by atoms with E-state index in [1.807, 2.05) is 24.3 Å². The monoisotopic (exact) mass is 353 g/mol. The largest absolute Gasteiger partial charge is 0.379 e. The molecule has 0 atom stereocenters. The van der Waals surface area contributed by atoms with E-state index in [-0.39, 0.29) is 5.91 Å². The summed E-state index contributed by atoms with van der Waals surface area (Å²) >= 11 is 0. The van der Waals surface area contributed by atoms with Gasteiger partial charge in [-0.15, -0.1) is 0 Å². The fourth-order valence-corrected chi connectivity index (χ4v) is 3.10. The number of carbonyl (C=O) groups is 2. The Kier molecular flexibility index (Phi) is 5.99. The van der Waals surface area contributed by atoms with Gasteiger partial charge in [-0.25, -0.2) is 0 Å². The van der Waals surface area contributed by atoms with E-state index < -0.39 is 5.91 Å². The molecule has 136 valence electrons. The number of nitrogens with one attached hydrogen (secondary N) is 1. The predicted octanol–water partition coefficient (Wildman–Crippen LogP) is 1.51. The first-order valence-electron chi connectivity index (χ1n) is 8.73. The van der Waals surface area contributed by atoms with Crippen molar-refractivity contribution in [2.24, 2.45) is 5.73 Å². The molecule has 1 saturated heterocycles. The van der Waals surface area contributed by atoms with Crippen LogP contribution in [0.3, 0.4) is 0 Å². The van der Waals surface area contributed by atoms with Gasteiger partial charge in [-0.1, -0.05) is 36.4 Å². The van der Waals surface area contributed by atoms with E-state index in [1.54, 1.807) is 24.3 Å². The Hall–Kier alpha value is -2.70. The third-order valence-electron chi connectivity index (χ3n) is 4.47. The molecule has 0 aliphatic carbocycles. The van der Waals surface area contributed by atoms with Crippen LogP contribution in [0.1, 0.15) is 20.7 Å². The van der Waals surface area contributed by atoms with Crippen molar-refractivity contribution in [3.63, 3.8) is 0 Å². The zero-order valence-corrected chi connectivity index (χ0v) is 14.6. The summed E-state index contributed by atoms with van der Waals surface area (Å²) < 4.78 is 5.32. The average Bonchev–Trinajstić information content (AvgIpc) is 2.68. The number of hydrogen-bond donors (Lipinski definition) is 2. The second-order valence-electron chi connectivity index (χ2n) is 6.17. The van der Waals surface area contributed by atoms with Crippen LogP contribution in [-0.2, 0) is 4.74 Å². The first-order chi connectivity index (χ1) is 12.7. The summed E-state index contributed by atoms with van der Waals surface area (Å²) in [6.07, 6.45) is 0. The maximum absolute atomic E-state index is 12.7. The summed E-state index contributed by atoms with van der Waals surface area (Å²) in [5.74, 6) is -0.670. The van der Waals surface area contributed by atoms with E-state index in [4.69, 9.17) is 10.5 Å². The van der Waals surface area contributed by atoms with E-state index in [9.17, 15) is 9.59 Å². The molecule has 0 unspecified atom stereocenters. The molecule has 1 fully saturated rings. The quantitative estimate of drug-likeness (QED) is 0.824. The van der Waals surface area contributed by atoms with E-state index in [0.29, 0.717) is 28.8 Å². The van der Waals surface area contributed by atoms with Gasteiger partial charge in [0.25, 0.3) is 5.91 Å². The standard InChI is InChI=1S/C20H23N3O3/c21-19(24)17-7-3-1-5-15(17)16-6-2-4-8-18(16)20(25)22-9-10-23-11-13-26-14-12-23/h1-8H,9-14H2,(H2,21,24)(H,22,25). The molecule has 2 amide bonds. The molecule has 26 heavy (non-hydrogen) atoms. The number of rotatable bonds is 6. The lowest BCUT2D eigenvalue weighted by Crippen LogP contribution is -2.41. The second-order valence-corrected chi connectivity index (χ2v) is 6.17. The van der Waals surface area contributed by atoms with Crippen LogP contribution in [0.2, 0.25) is 0 Å². The van der Waals surface area contributed by atoms with Gasteiger partial charge in [-0.3, -0.25) is 14.5 Å². The van der Waals surface area contributed by atoms with Crippen molar-refractivity contribution in [2.75, 3.05) is 39.4 Å². The molecule has 0 bridgehead atoms. The molecule has 0 spiro atoms. The molecule has 1 heterocycles. The van der Waals surface area contributed by atoms with Crippen molar-refractivity contribution >= 4 is 11.8 Å². The Balaban J connectivity index is 1.74. The summed E-state index contributed by atoms with van der Waals surface area (Å²) in [5, 5.41) is 2.97. The summed E-state index contributed by atoms with van der Waals surface area (Å²) in [4.78, 5) is 26.7. The van der Waals surface area contributed by atoms with Gasteiger partial charge in [0.05, 0.1) is 13.2 Å². The molecule has 6 nitrogen and oxygen atoms in total. The number of nitrogens with two attached hydrogens (primary N) is 1. The summed E-state index contributed by atoms with van der Waals surface area (Å²) in [6.45, 7) is 4.60. The third kappa shape index (κ3) is 4.28. The SMILES string of the molecule is NC(=O)c1ccccc1-c1ccccc1C(=O)NCCN1CCOCC1. The van der Waals surface area contributed by atoms with Gasteiger partial charge in [-0.2, -0.15) is 0 Å². The summed E-state index contributed by atoms with van der Waals surface area (Å²) in [6, 6.07) is 14.3. The van der Waals surface area contributed by atoms with Crippen molar-refractivity contribution < 1.29 is 14.3 Å². The number of morpholine rings is 1. The second kappa shape index (κ2) is 8.60. The highest BCUT2D eigenvalue weighted by Crippen LogP contribution is 2.27. The fourth-order valence-electron chi connectivity index (χ4n) is 3.10. The van der Waals surface area contributed by atoms with Gasteiger partial charge in [0.1, 0.15) is 0 Å². The van der Waals surface area contributed by atoms with Gasteiger partial charge < -0.3 is 15.8 Å². The smallest absolute Gasteiger partial charge is 0.251 e. The van der Waals surface area contributed by atoms with Crippen molar-refractivity contribution in [2.45, 2.75) is 0 Å². The first kappa shape index (κ1) is 18.1. The molecule has 1 aliphatic heterocycles. The topological polar surface area (TPSA) is 84.7 Å². The van der Waals surface area contributed by atoms with Crippen molar-refractivity contribution in [3.05, 3.63) is 59.7 Å². The van der Waals surface area contributed by atoms with Gasteiger partial charge >= 0.3 is 0 Å². The average molecular weight is 353 g/mol. The van der Waals surface area contributed by atoms with Crippen LogP contribution in [0.5, 0.6) is 0 Å². The van der Waals surface area contributed by atoms with Gasteiger partial charge in [0.2, 0.25) is 5.91 Å². The summed E-state index contributed by atoms with van der Waals surface area (Å²) in [5.41, 5.74) is 7.79. The van der Waals surface area contributed by atoms with E-state index in [0.717, 1.165) is 32.8 Å². The Morgan fingerprint density at radius 1 is 0.962 bits per heavy atom. The lowest BCUT2D eigenvalue weighted by Gasteiger charge is -2.26. The number of carbonyl (C=O) groups excluding carboxylic acids is 2. The van der Waals surface area contributed by atoms with Crippen molar-refractivity contribution in [1.82, 2.24) is 10.2 Å². The molecular formula is C20H23N3O3. The minimum absolute atomic E-state index is 0.159. The number of hydrogen-bond acceptors (Lipinski definition) is 4. The molecule has 1 aliphatic rings. The number of primary amides is 1. The number of nitrogens with zero attached hydrogens (tertiary/aromatic N) is 1. The van der Waals surface area contributed by atoms with Crippen LogP contribution in [0, 0.1) is 0 Å². The van der Waals surface area contributed by atoms with Crippen LogP contribution in [0.25, 0.3) is 11.1 Å².